The van der Waals surface area contributed by atoms with Crippen molar-refractivity contribution in [2.75, 3.05) is 16.4 Å². The zero-order chi connectivity index (χ0) is 20.8. The minimum Gasteiger partial charge on any atom is -0.351 e. The Morgan fingerprint density at radius 3 is 2.24 bits per heavy atom. The maximum atomic E-state index is 12.3. The fourth-order valence-corrected chi connectivity index (χ4v) is 3.35. The van der Waals surface area contributed by atoms with Crippen LogP contribution in [0.25, 0.3) is 5.69 Å². The van der Waals surface area contributed by atoms with Crippen LogP contribution in [0.15, 0.2) is 60.0 Å². The smallest absolute Gasteiger partial charge is 0.316 e. The Morgan fingerprint density at radius 1 is 1.03 bits per heavy atom. The van der Waals surface area contributed by atoms with E-state index in [1.54, 1.807) is 30.6 Å². The Balaban J connectivity index is 1.58. The van der Waals surface area contributed by atoms with E-state index in [9.17, 15) is 9.59 Å². The Labute approximate surface area is 172 Å². The van der Waals surface area contributed by atoms with Crippen LogP contribution in [0.4, 0.5) is 16.2 Å². The van der Waals surface area contributed by atoms with E-state index in [4.69, 9.17) is 5.73 Å². The van der Waals surface area contributed by atoms with Gasteiger partial charge in [-0.15, -0.1) is 10.2 Å². The average molecular weight is 411 g/mol. The number of nitrogens with one attached hydrogen (secondary N) is 2. The average Bonchev–Trinajstić information content (AvgIpc) is 3.16. The summed E-state index contributed by atoms with van der Waals surface area (Å²) in [5, 5.41) is 14.0. The second-order valence-corrected chi connectivity index (χ2v) is 7.58. The van der Waals surface area contributed by atoms with Crippen LogP contribution in [0.2, 0.25) is 0 Å². The molecule has 0 unspecified atom stereocenters. The lowest BCUT2D eigenvalue weighted by Crippen LogP contribution is -2.19. The van der Waals surface area contributed by atoms with E-state index in [2.05, 4.69) is 46.8 Å². The van der Waals surface area contributed by atoms with Crippen LogP contribution >= 0.6 is 11.8 Å². The fraction of sp³-hybridized carbons (Fsp3) is 0.200. The Kier molecular flexibility index (Phi) is 6.50. The predicted octanol–water partition coefficient (Wildman–Crippen LogP) is 3.61. The maximum absolute atomic E-state index is 12.3. The van der Waals surface area contributed by atoms with Gasteiger partial charge in [-0.1, -0.05) is 37.7 Å². The summed E-state index contributed by atoms with van der Waals surface area (Å²) in [4.78, 5) is 23.1. The van der Waals surface area contributed by atoms with Crippen molar-refractivity contribution in [2.24, 2.45) is 5.73 Å². The van der Waals surface area contributed by atoms with Gasteiger partial charge in [-0.2, -0.15) is 0 Å². The van der Waals surface area contributed by atoms with Crippen molar-refractivity contribution in [1.29, 1.82) is 0 Å². The second kappa shape index (κ2) is 9.24. The van der Waals surface area contributed by atoms with E-state index < -0.39 is 6.03 Å². The number of benzene rings is 2. The van der Waals surface area contributed by atoms with Gasteiger partial charge < -0.3 is 16.4 Å². The molecule has 0 fully saturated rings. The SMILES string of the molecule is CC(C)c1ccc(-n2cnnc2SCC(=O)Nc2ccc(NC(N)=O)cc2)cc1. The second-order valence-electron chi connectivity index (χ2n) is 6.63. The summed E-state index contributed by atoms with van der Waals surface area (Å²) in [5.74, 6) is 0.475. The molecule has 9 heteroatoms. The number of rotatable bonds is 7. The molecule has 0 aliphatic heterocycles. The number of nitrogens with zero attached hydrogens (tertiary/aromatic N) is 3. The number of anilines is 2. The summed E-state index contributed by atoms with van der Waals surface area (Å²) < 4.78 is 1.85. The van der Waals surface area contributed by atoms with Crippen molar-refractivity contribution in [3.8, 4) is 5.69 Å². The summed E-state index contributed by atoms with van der Waals surface area (Å²) in [6.45, 7) is 4.30. The first-order valence-electron chi connectivity index (χ1n) is 9.02. The zero-order valence-corrected chi connectivity index (χ0v) is 16.9. The number of urea groups is 1. The van der Waals surface area contributed by atoms with Gasteiger partial charge in [0.1, 0.15) is 6.33 Å². The first-order valence-corrected chi connectivity index (χ1v) is 10.0. The Morgan fingerprint density at radius 2 is 1.66 bits per heavy atom. The molecule has 0 atom stereocenters. The van der Waals surface area contributed by atoms with Gasteiger partial charge in [-0.05, 0) is 47.9 Å². The molecule has 0 radical (unpaired) electrons. The minimum absolute atomic E-state index is 0.171. The molecule has 0 aliphatic carbocycles. The normalized spacial score (nSPS) is 10.7. The van der Waals surface area contributed by atoms with E-state index in [0.717, 1.165) is 5.69 Å². The summed E-state index contributed by atoms with van der Waals surface area (Å²) in [6.07, 6.45) is 1.63. The van der Waals surface area contributed by atoms with E-state index >= 15 is 0 Å². The number of thioether (sulfide) groups is 1. The number of carbonyl (C=O) groups is 2. The standard InChI is InChI=1S/C20H22N6O2S/c1-13(2)14-3-9-17(10-4-14)26-12-22-25-20(26)29-11-18(27)23-15-5-7-16(8-6-15)24-19(21)28/h3-10,12-13H,11H2,1-2H3,(H,23,27)(H3,21,24,28). The molecule has 0 aliphatic rings. The summed E-state index contributed by atoms with van der Waals surface area (Å²) in [6, 6.07) is 14.3. The van der Waals surface area contributed by atoms with Crippen molar-refractivity contribution in [1.82, 2.24) is 14.8 Å². The molecule has 8 nitrogen and oxygen atoms in total. The summed E-state index contributed by atoms with van der Waals surface area (Å²) in [5.41, 5.74) is 8.45. The molecule has 0 saturated carbocycles. The Hall–Kier alpha value is -3.33. The molecule has 150 valence electrons. The lowest BCUT2D eigenvalue weighted by atomic mass is 10.0. The van der Waals surface area contributed by atoms with Crippen LogP contribution in [0.1, 0.15) is 25.3 Å². The highest BCUT2D eigenvalue weighted by Gasteiger charge is 2.11. The number of hydrogen-bond acceptors (Lipinski definition) is 5. The molecule has 1 aromatic heterocycles. The van der Waals surface area contributed by atoms with Crippen molar-refractivity contribution < 1.29 is 9.59 Å². The predicted molar refractivity (Wildman–Crippen MR) is 114 cm³/mol. The summed E-state index contributed by atoms with van der Waals surface area (Å²) >= 11 is 1.30. The molecule has 3 rings (SSSR count). The third-order valence-electron chi connectivity index (χ3n) is 4.12. The molecule has 29 heavy (non-hydrogen) atoms. The van der Waals surface area contributed by atoms with Crippen molar-refractivity contribution in [3.05, 3.63) is 60.4 Å². The van der Waals surface area contributed by atoms with Gasteiger partial charge in [0, 0.05) is 17.1 Å². The van der Waals surface area contributed by atoms with Crippen LogP contribution in [-0.4, -0.2) is 32.5 Å². The number of amides is 3. The van der Waals surface area contributed by atoms with Gasteiger partial charge in [0.25, 0.3) is 0 Å². The van der Waals surface area contributed by atoms with Crippen LogP contribution in [-0.2, 0) is 4.79 Å². The quantitative estimate of drug-likeness (QED) is 0.515. The first-order chi connectivity index (χ1) is 13.9. The lowest BCUT2D eigenvalue weighted by molar-refractivity contribution is -0.113. The molecule has 3 aromatic rings. The van der Waals surface area contributed by atoms with Gasteiger partial charge >= 0.3 is 6.03 Å². The first kappa shape index (κ1) is 20.4. The highest BCUT2D eigenvalue weighted by molar-refractivity contribution is 7.99. The third kappa shape index (κ3) is 5.58. The van der Waals surface area contributed by atoms with Gasteiger partial charge in [0.05, 0.1) is 5.75 Å². The van der Waals surface area contributed by atoms with Gasteiger partial charge in [0.2, 0.25) is 5.91 Å². The molecular formula is C20H22N6O2S. The summed E-state index contributed by atoms with van der Waals surface area (Å²) in [7, 11) is 0. The molecule has 0 bridgehead atoms. The number of carbonyl (C=O) groups excluding carboxylic acids is 2. The fourth-order valence-electron chi connectivity index (χ4n) is 2.63. The maximum Gasteiger partial charge on any atom is 0.316 e. The van der Waals surface area contributed by atoms with Crippen LogP contribution in [0.3, 0.4) is 0 Å². The Bertz CT molecular complexity index is 983. The molecule has 3 amide bonds. The zero-order valence-electron chi connectivity index (χ0n) is 16.1. The van der Waals surface area contributed by atoms with Crippen molar-refractivity contribution >= 4 is 35.1 Å². The molecule has 1 heterocycles. The number of aromatic nitrogens is 3. The largest absolute Gasteiger partial charge is 0.351 e. The lowest BCUT2D eigenvalue weighted by Gasteiger charge is -2.09. The van der Waals surface area contributed by atoms with Crippen molar-refractivity contribution in [2.45, 2.75) is 24.9 Å². The highest BCUT2D eigenvalue weighted by atomic mass is 32.2. The van der Waals surface area contributed by atoms with E-state index in [1.807, 2.05) is 16.7 Å². The van der Waals surface area contributed by atoms with E-state index in [0.29, 0.717) is 22.4 Å². The van der Waals surface area contributed by atoms with Gasteiger partial charge in [-0.3, -0.25) is 9.36 Å². The monoisotopic (exact) mass is 410 g/mol. The topological polar surface area (TPSA) is 115 Å². The highest BCUT2D eigenvalue weighted by Crippen LogP contribution is 2.22. The number of hydrogen-bond donors (Lipinski definition) is 3. The minimum atomic E-state index is -0.638. The molecule has 4 N–H and O–H groups in total. The van der Waals surface area contributed by atoms with Crippen LogP contribution in [0, 0.1) is 0 Å². The molecular weight excluding hydrogens is 388 g/mol. The van der Waals surface area contributed by atoms with Crippen LogP contribution < -0.4 is 16.4 Å². The number of nitrogens with two attached hydrogens (primary N) is 1. The molecule has 0 saturated heterocycles. The van der Waals surface area contributed by atoms with Crippen LogP contribution in [0.5, 0.6) is 0 Å². The molecule has 0 spiro atoms. The van der Waals surface area contributed by atoms with E-state index in [-0.39, 0.29) is 11.7 Å². The molecule has 2 aromatic carbocycles. The van der Waals surface area contributed by atoms with E-state index in [1.165, 1.54) is 17.3 Å². The third-order valence-corrected chi connectivity index (χ3v) is 5.07. The van der Waals surface area contributed by atoms with Gasteiger partial charge in [0.15, 0.2) is 5.16 Å². The van der Waals surface area contributed by atoms with Gasteiger partial charge in [-0.25, -0.2) is 4.79 Å². The van der Waals surface area contributed by atoms with Crippen molar-refractivity contribution in [3.63, 3.8) is 0 Å². The number of primary amides is 1.